The summed E-state index contributed by atoms with van der Waals surface area (Å²) in [6, 6.07) is 7.11. The summed E-state index contributed by atoms with van der Waals surface area (Å²) in [5.41, 5.74) is 2.35. The number of carbonyl (C=O) groups excluding carboxylic acids is 2. The standard InChI is InChI=1S/C25H26FN7O3S/c1-36-22-7-5-18-23(31-22)16(17(26)9-28-18)4-3-15-8-27-10-19-25(35)32(13-33(15)19)11-14-2-6-20-24(29-14)30-21(34)12-37-20/h2,5-7,9,15,19,27H,3-4,8,10-13H2,1H3,(H,29,30,34). The fourth-order valence-electron chi connectivity index (χ4n) is 5.22. The average molecular weight is 524 g/mol. The second-order valence-electron chi connectivity index (χ2n) is 9.35. The lowest BCUT2D eigenvalue weighted by molar-refractivity contribution is -0.130. The van der Waals surface area contributed by atoms with Gasteiger partial charge in [0.2, 0.25) is 17.7 Å². The molecule has 2 amide bonds. The lowest BCUT2D eigenvalue weighted by atomic mass is 10.00. The average Bonchev–Trinajstić information content (AvgIpc) is 3.23. The number of pyridine rings is 3. The highest BCUT2D eigenvalue weighted by molar-refractivity contribution is 8.00. The van der Waals surface area contributed by atoms with Crippen molar-refractivity contribution < 1.29 is 18.7 Å². The fraction of sp³-hybridized carbons (Fsp3) is 0.400. The molecule has 2 N–H and O–H groups in total. The van der Waals surface area contributed by atoms with Crippen molar-refractivity contribution in [2.24, 2.45) is 0 Å². The smallest absolute Gasteiger partial charge is 0.242 e. The van der Waals surface area contributed by atoms with E-state index in [2.05, 4.69) is 30.5 Å². The van der Waals surface area contributed by atoms with Crippen LogP contribution < -0.4 is 15.4 Å². The first-order valence-corrected chi connectivity index (χ1v) is 13.1. The summed E-state index contributed by atoms with van der Waals surface area (Å²) in [5.74, 6) is 0.928. The van der Waals surface area contributed by atoms with Crippen molar-refractivity contribution in [1.29, 1.82) is 0 Å². The molecule has 192 valence electrons. The normalized spacial score (nSPS) is 21.6. The van der Waals surface area contributed by atoms with Gasteiger partial charge in [0.05, 0.1) is 53.9 Å². The molecule has 0 aromatic carbocycles. The van der Waals surface area contributed by atoms with Crippen molar-refractivity contribution in [3.8, 4) is 5.88 Å². The van der Waals surface area contributed by atoms with Crippen molar-refractivity contribution in [1.82, 2.24) is 30.1 Å². The second kappa shape index (κ2) is 9.84. The number of carbonyl (C=O) groups is 2. The molecule has 2 saturated heterocycles. The Morgan fingerprint density at radius 1 is 1.19 bits per heavy atom. The fourth-order valence-corrected chi connectivity index (χ4v) is 5.98. The number of ether oxygens (including phenoxy) is 1. The number of rotatable bonds is 6. The number of hydrogen-bond acceptors (Lipinski definition) is 9. The van der Waals surface area contributed by atoms with Crippen LogP contribution in [0.1, 0.15) is 17.7 Å². The number of halogens is 1. The first-order chi connectivity index (χ1) is 18.0. The zero-order valence-corrected chi connectivity index (χ0v) is 21.1. The number of amides is 2. The molecule has 2 unspecified atom stereocenters. The Kier molecular flexibility index (Phi) is 6.39. The maximum absolute atomic E-state index is 14.8. The van der Waals surface area contributed by atoms with Crippen LogP contribution in [-0.4, -0.2) is 81.3 Å². The predicted molar refractivity (Wildman–Crippen MR) is 136 cm³/mol. The molecule has 6 rings (SSSR count). The first kappa shape index (κ1) is 24.0. The number of anilines is 1. The monoisotopic (exact) mass is 523 g/mol. The van der Waals surface area contributed by atoms with Crippen LogP contribution in [-0.2, 0) is 22.6 Å². The first-order valence-electron chi connectivity index (χ1n) is 12.2. The van der Waals surface area contributed by atoms with Crippen molar-refractivity contribution >= 4 is 40.4 Å². The lowest BCUT2D eigenvalue weighted by Crippen LogP contribution is -2.56. The van der Waals surface area contributed by atoms with Crippen LogP contribution >= 0.6 is 11.8 Å². The van der Waals surface area contributed by atoms with Gasteiger partial charge in [-0.1, -0.05) is 0 Å². The summed E-state index contributed by atoms with van der Waals surface area (Å²) < 4.78 is 20.0. The third-order valence-corrected chi connectivity index (χ3v) is 8.13. The van der Waals surface area contributed by atoms with Crippen LogP contribution in [0.15, 0.2) is 35.4 Å². The maximum atomic E-state index is 14.8. The zero-order chi connectivity index (χ0) is 25.5. The molecule has 0 spiro atoms. The van der Waals surface area contributed by atoms with Gasteiger partial charge in [-0.2, -0.15) is 0 Å². The summed E-state index contributed by atoms with van der Waals surface area (Å²) in [5, 5.41) is 6.18. The number of fused-ring (bicyclic) bond motifs is 3. The number of nitrogens with zero attached hydrogens (tertiary/aromatic N) is 5. The van der Waals surface area contributed by atoms with Gasteiger partial charge in [0.1, 0.15) is 17.7 Å². The van der Waals surface area contributed by atoms with Crippen LogP contribution in [0.4, 0.5) is 10.2 Å². The van der Waals surface area contributed by atoms with Crippen LogP contribution in [0.3, 0.4) is 0 Å². The molecule has 2 fully saturated rings. The van der Waals surface area contributed by atoms with Gasteiger partial charge in [-0.3, -0.25) is 19.5 Å². The number of aromatic nitrogens is 3. The summed E-state index contributed by atoms with van der Waals surface area (Å²) in [6.07, 6.45) is 2.35. The van der Waals surface area contributed by atoms with Crippen LogP contribution in [0.5, 0.6) is 5.88 Å². The Bertz CT molecular complexity index is 1390. The molecule has 3 aliphatic rings. The van der Waals surface area contributed by atoms with E-state index >= 15 is 0 Å². The molecule has 0 saturated carbocycles. The summed E-state index contributed by atoms with van der Waals surface area (Å²) in [7, 11) is 1.53. The Morgan fingerprint density at radius 2 is 2.08 bits per heavy atom. The van der Waals surface area contributed by atoms with E-state index in [-0.39, 0.29) is 23.9 Å². The Balaban J connectivity index is 1.17. The number of aryl methyl sites for hydroxylation is 1. The van der Waals surface area contributed by atoms with Gasteiger partial charge >= 0.3 is 0 Å². The molecule has 37 heavy (non-hydrogen) atoms. The second-order valence-corrected chi connectivity index (χ2v) is 10.4. The molecule has 3 aromatic rings. The van der Waals surface area contributed by atoms with E-state index in [9.17, 15) is 14.0 Å². The van der Waals surface area contributed by atoms with Gasteiger partial charge in [-0.25, -0.2) is 14.4 Å². The van der Waals surface area contributed by atoms with Gasteiger partial charge < -0.3 is 20.3 Å². The van der Waals surface area contributed by atoms with Gasteiger partial charge in [-0.15, -0.1) is 11.8 Å². The molecular weight excluding hydrogens is 497 g/mol. The van der Waals surface area contributed by atoms with Crippen molar-refractivity contribution in [2.75, 3.05) is 37.9 Å². The minimum Gasteiger partial charge on any atom is -0.481 e. The summed E-state index contributed by atoms with van der Waals surface area (Å²) in [6.45, 7) is 2.11. The van der Waals surface area contributed by atoms with E-state index in [4.69, 9.17) is 4.74 Å². The highest BCUT2D eigenvalue weighted by atomic mass is 32.2. The van der Waals surface area contributed by atoms with Gasteiger partial charge in [-0.05, 0) is 31.0 Å². The predicted octanol–water partition coefficient (Wildman–Crippen LogP) is 1.79. The Labute approximate surface area is 217 Å². The van der Waals surface area contributed by atoms with Gasteiger partial charge in [0.25, 0.3) is 0 Å². The minimum absolute atomic E-state index is 0.0436. The molecule has 0 bridgehead atoms. The quantitative estimate of drug-likeness (QED) is 0.499. The third-order valence-electron chi connectivity index (χ3n) is 7.08. The van der Waals surface area contributed by atoms with E-state index in [0.29, 0.717) is 73.2 Å². The van der Waals surface area contributed by atoms with E-state index in [1.54, 1.807) is 17.0 Å². The van der Waals surface area contributed by atoms with Crippen LogP contribution in [0, 0.1) is 5.82 Å². The molecular formula is C25H26FN7O3S. The molecule has 10 nitrogen and oxygen atoms in total. The third kappa shape index (κ3) is 4.60. The van der Waals surface area contributed by atoms with E-state index in [0.717, 1.165) is 10.6 Å². The van der Waals surface area contributed by atoms with Crippen molar-refractivity contribution in [3.63, 3.8) is 0 Å². The van der Waals surface area contributed by atoms with Crippen LogP contribution in [0.25, 0.3) is 11.0 Å². The largest absolute Gasteiger partial charge is 0.481 e. The SMILES string of the molecule is COc1ccc2ncc(F)c(CCC3CNCC4C(=O)N(Cc5ccc6c(n5)NC(=O)CS6)CN34)c2n1. The molecule has 12 heteroatoms. The Morgan fingerprint density at radius 3 is 2.95 bits per heavy atom. The molecule has 3 aromatic heterocycles. The summed E-state index contributed by atoms with van der Waals surface area (Å²) in [4.78, 5) is 43.1. The number of methoxy groups -OCH3 is 1. The molecule has 0 aliphatic carbocycles. The highest BCUT2D eigenvalue weighted by Gasteiger charge is 2.43. The van der Waals surface area contributed by atoms with Gasteiger partial charge in [0, 0.05) is 30.8 Å². The van der Waals surface area contributed by atoms with E-state index < -0.39 is 5.82 Å². The maximum Gasteiger partial charge on any atom is 0.242 e. The lowest BCUT2D eigenvalue weighted by Gasteiger charge is -2.36. The van der Waals surface area contributed by atoms with Crippen molar-refractivity contribution in [2.45, 2.75) is 36.4 Å². The number of piperazine rings is 1. The molecule has 3 aliphatic heterocycles. The van der Waals surface area contributed by atoms with Crippen LogP contribution in [0.2, 0.25) is 0 Å². The summed E-state index contributed by atoms with van der Waals surface area (Å²) >= 11 is 1.46. The Hall–Kier alpha value is -3.35. The highest BCUT2D eigenvalue weighted by Crippen LogP contribution is 2.31. The van der Waals surface area contributed by atoms with Gasteiger partial charge in [0.15, 0.2) is 0 Å². The van der Waals surface area contributed by atoms with E-state index in [1.807, 2.05) is 12.1 Å². The van der Waals surface area contributed by atoms with Crippen molar-refractivity contribution in [3.05, 3.63) is 47.5 Å². The molecule has 0 radical (unpaired) electrons. The molecule has 6 heterocycles. The number of hydrogen-bond donors (Lipinski definition) is 2. The number of nitrogens with one attached hydrogen (secondary N) is 2. The topological polar surface area (TPSA) is 113 Å². The van der Waals surface area contributed by atoms with E-state index in [1.165, 1.54) is 25.1 Å². The zero-order valence-electron chi connectivity index (χ0n) is 20.2. The number of thioether (sulfide) groups is 1. The molecule has 2 atom stereocenters. The minimum atomic E-state index is -0.392.